The minimum Gasteiger partial charge on any atom is -0.396 e. The lowest BCUT2D eigenvalue weighted by Gasteiger charge is -2.00. The van der Waals surface area contributed by atoms with E-state index in [1.54, 1.807) is 13.0 Å². The molecule has 0 radical (unpaired) electrons. The van der Waals surface area contributed by atoms with Gasteiger partial charge in [-0.15, -0.1) is 6.58 Å². The molecular weight excluding hydrogens is 264 g/mol. The van der Waals surface area contributed by atoms with Gasteiger partial charge in [-0.1, -0.05) is 49.8 Å². The first-order valence-corrected chi connectivity index (χ1v) is 7.62. The Labute approximate surface area is 130 Å². The minimum absolute atomic E-state index is 0.102. The zero-order valence-corrected chi connectivity index (χ0v) is 13.7. The van der Waals surface area contributed by atoms with Gasteiger partial charge in [0, 0.05) is 6.61 Å². The molecule has 2 unspecified atom stereocenters. The highest BCUT2D eigenvalue weighted by Crippen LogP contribution is 2.09. The summed E-state index contributed by atoms with van der Waals surface area (Å²) in [6.07, 6.45) is 5.15. The smallest absolute Gasteiger partial charge is 0.0761 e. The molecule has 0 fully saturated rings. The molecule has 3 heteroatoms. The molecule has 0 saturated heterocycles. The summed E-state index contributed by atoms with van der Waals surface area (Å²) in [5.41, 5.74) is 0.970. The van der Waals surface area contributed by atoms with Crippen molar-refractivity contribution in [3.63, 3.8) is 0 Å². The van der Waals surface area contributed by atoms with Gasteiger partial charge in [0.2, 0.25) is 0 Å². The largest absolute Gasteiger partial charge is 0.396 e. The predicted molar refractivity (Wildman–Crippen MR) is 90.2 cm³/mol. The van der Waals surface area contributed by atoms with E-state index in [1.807, 2.05) is 37.3 Å². The quantitative estimate of drug-likeness (QED) is 0.552. The van der Waals surface area contributed by atoms with Crippen LogP contribution < -0.4 is 0 Å². The minimum atomic E-state index is -0.341. The highest BCUT2D eigenvalue weighted by atomic mass is 16.3. The molecule has 0 saturated carbocycles. The van der Waals surface area contributed by atoms with E-state index in [1.165, 1.54) is 0 Å². The highest BCUT2D eigenvalue weighted by molar-refractivity contribution is 5.16. The maximum absolute atomic E-state index is 9.02. The van der Waals surface area contributed by atoms with Crippen LogP contribution in [0.5, 0.6) is 0 Å². The molecule has 1 rings (SSSR count). The van der Waals surface area contributed by atoms with Crippen molar-refractivity contribution in [2.24, 2.45) is 0 Å². The second-order valence-electron chi connectivity index (χ2n) is 4.88. The first-order chi connectivity index (χ1) is 9.99. The summed E-state index contributed by atoms with van der Waals surface area (Å²) in [5.74, 6) is 0. The Balaban J connectivity index is 0. The maximum Gasteiger partial charge on any atom is 0.0761 e. The van der Waals surface area contributed by atoms with E-state index >= 15 is 0 Å². The van der Waals surface area contributed by atoms with Gasteiger partial charge in [-0.05, 0) is 38.7 Å². The van der Waals surface area contributed by atoms with E-state index in [2.05, 4.69) is 13.5 Å². The number of aliphatic hydroxyl groups is 3. The van der Waals surface area contributed by atoms with Crippen molar-refractivity contribution in [3.8, 4) is 0 Å². The normalized spacial score (nSPS) is 12.1. The van der Waals surface area contributed by atoms with Gasteiger partial charge in [-0.2, -0.15) is 0 Å². The summed E-state index contributed by atoms with van der Waals surface area (Å²) in [7, 11) is 0. The Hall–Kier alpha value is -1.16. The highest BCUT2D eigenvalue weighted by Gasteiger charge is 1.95. The molecule has 1 aromatic rings. The van der Waals surface area contributed by atoms with Crippen molar-refractivity contribution in [1.82, 2.24) is 0 Å². The van der Waals surface area contributed by atoms with Crippen LogP contribution in [0, 0.1) is 0 Å². The van der Waals surface area contributed by atoms with Crippen LogP contribution in [-0.2, 0) is 0 Å². The van der Waals surface area contributed by atoms with Gasteiger partial charge in [-0.3, -0.25) is 0 Å². The summed E-state index contributed by atoms with van der Waals surface area (Å²) in [5, 5.41) is 25.7. The molecule has 1 aromatic carbocycles. The molecule has 0 aliphatic carbocycles. The lowest BCUT2D eigenvalue weighted by molar-refractivity contribution is 0.183. The van der Waals surface area contributed by atoms with Gasteiger partial charge >= 0.3 is 0 Å². The van der Waals surface area contributed by atoms with Gasteiger partial charge in [0.25, 0.3) is 0 Å². The summed E-state index contributed by atoms with van der Waals surface area (Å²) in [4.78, 5) is 0. The summed E-state index contributed by atoms with van der Waals surface area (Å²) in [6.45, 7) is 9.40. The molecule has 0 aliphatic heterocycles. The molecule has 0 amide bonds. The van der Waals surface area contributed by atoms with Crippen molar-refractivity contribution in [3.05, 3.63) is 48.6 Å². The van der Waals surface area contributed by atoms with Crippen LogP contribution in [0.15, 0.2) is 43.0 Å². The lowest BCUT2D eigenvalue weighted by Crippen LogP contribution is -1.95. The average molecular weight is 296 g/mol. The second-order valence-corrected chi connectivity index (χ2v) is 4.88. The molecule has 2 atom stereocenters. The molecule has 3 nitrogen and oxygen atoms in total. The van der Waals surface area contributed by atoms with Gasteiger partial charge in [0.1, 0.15) is 0 Å². The maximum atomic E-state index is 9.02. The number of hydrogen-bond donors (Lipinski definition) is 3. The first-order valence-electron chi connectivity index (χ1n) is 7.62. The summed E-state index contributed by atoms with van der Waals surface area (Å²) >= 11 is 0. The Bertz CT molecular complexity index is 307. The lowest BCUT2D eigenvalue weighted by atomic mass is 10.1. The fourth-order valence-electron chi connectivity index (χ4n) is 1.38. The third-order valence-electron chi connectivity index (χ3n) is 2.55. The van der Waals surface area contributed by atoms with Gasteiger partial charge < -0.3 is 15.3 Å². The van der Waals surface area contributed by atoms with Crippen molar-refractivity contribution < 1.29 is 15.3 Å². The van der Waals surface area contributed by atoms with Gasteiger partial charge in [0.15, 0.2) is 0 Å². The van der Waals surface area contributed by atoms with Crippen molar-refractivity contribution in [2.45, 2.75) is 58.7 Å². The fourth-order valence-corrected chi connectivity index (χ4v) is 1.38. The van der Waals surface area contributed by atoms with Gasteiger partial charge in [0.05, 0.1) is 12.2 Å². The van der Waals surface area contributed by atoms with Gasteiger partial charge in [-0.25, -0.2) is 0 Å². The predicted octanol–water partition coefficient (Wildman–Crippen LogP) is 3.85. The third kappa shape index (κ3) is 18.8. The monoisotopic (exact) mass is 296 g/mol. The summed E-state index contributed by atoms with van der Waals surface area (Å²) in [6, 6.07) is 9.59. The molecule has 0 spiro atoms. The Morgan fingerprint density at radius 2 is 1.71 bits per heavy atom. The van der Waals surface area contributed by atoms with E-state index in [0.717, 1.165) is 31.2 Å². The number of rotatable bonds is 6. The molecule has 3 N–H and O–H groups in total. The molecular formula is C18H32O3. The van der Waals surface area contributed by atoms with Crippen LogP contribution in [0.25, 0.3) is 0 Å². The van der Waals surface area contributed by atoms with E-state index in [0.29, 0.717) is 0 Å². The van der Waals surface area contributed by atoms with Crippen molar-refractivity contribution in [2.75, 3.05) is 6.61 Å². The first kappa shape index (κ1) is 22.1. The zero-order chi connectivity index (χ0) is 16.5. The standard InChI is InChI=1S/C8H10O.C5H12O.C5H10O/c1-7(9)8-5-3-2-4-6-8;1-3-4-5(2)6;1-2-3-4-5-6/h2-7,9H,1H3;5-6H,3-4H2,1-2H3;2,6H,1,3-5H2. The van der Waals surface area contributed by atoms with E-state index in [9.17, 15) is 0 Å². The SMILES string of the molecule is C=CCCCO.CC(O)c1ccccc1.CCCC(C)O. The Morgan fingerprint density at radius 1 is 1.14 bits per heavy atom. The van der Waals surface area contributed by atoms with Crippen LogP contribution in [0.3, 0.4) is 0 Å². The number of allylic oxidation sites excluding steroid dienone is 1. The fraction of sp³-hybridized carbons (Fsp3) is 0.556. The molecule has 0 bridgehead atoms. The number of unbranched alkanes of at least 4 members (excludes halogenated alkanes) is 1. The molecule has 0 heterocycles. The van der Waals surface area contributed by atoms with Crippen molar-refractivity contribution in [1.29, 1.82) is 0 Å². The molecule has 0 aromatic heterocycles. The van der Waals surface area contributed by atoms with Crippen LogP contribution in [0.1, 0.15) is 58.1 Å². The molecule has 21 heavy (non-hydrogen) atoms. The summed E-state index contributed by atoms with van der Waals surface area (Å²) < 4.78 is 0. The van der Waals surface area contributed by atoms with Crippen LogP contribution >= 0.6 is 0 Å². The topological polar surface area (TPSA) is 60.7 Å². The van der Waals surface area contributed by atoms with E-state index in [-0.39, 0.29) is 18.8 Å². The second kappa shape index (κ2) is 16.9. The Kier molecular flexibility index (Phi) is 17.8. The average Bonchev–Trinajstić information content (AvgIpc) is 2.47. The number of benzene rings is 1. The van der Waals surface area contributed by atoms with Crippen LogP contribution in [0.2, 0.25) is 0 Å². The number of hydrogen-bond acceptors (Lipinski definition) is 3. The van der Waals surface area contributed by atoms with E-state index in [4.69, 9.17) is 15.3 Å². The van der Waals surface area contributed by atoms with Crippen LogP contribution in [0.4, 0.5) is 0 Å². The number of aliphatic hydroxyl groups excluding tert-OH is 3. The Morgan fingerprint density at radius 3 is 1.90 bits per heavy atom. The van der Waals surface area contributed by atoms with E-state index < -0.39 is 0 Å². The molecule has 0 aliphatic rings. The third-order valence-corrected chi connectivity index (χ3v) is 2.55. The zero-order valence-electron chi connectivity index (χ0n) is 13.7. The molecule has 122 valence electrons. The van der Waals surface area contributed by atoms with Crippen molar-refractivity contribution >= 4 is 0 Å². The van der Waals surface area contributed by atoms with Crippen LogP contribution in [-0.4, -0.2) is 28.0 Å².